The van der Waals surface area contributed by atoms with Gasteiger partial charge in [-0.25, -0.2) is 0 Å². The number of Topliss-reactive ketones (excluding diaryl/α,β-unsaturated/α-hetero) is 2. The Morgan fingerprint density at radius 2 is 1.50 bits per heavy atom. The van der Waals surface area contributed by atoms with Crippen molar-refractivity contribution in [3.8, 4) is 0 Å². The van der Waals surface area contributed by atoms with Crippen molar-refractivity contribution in [2.24, 2.45) is 0 Å². The summed E-state index contributed by atoms with van der Waals surface area (Å²) in [5.74, 6) is 0.309. The highest BCUT2D eigenvalue weighted by Gasteiger charge is 2.38. The van der Waals surface area contributed by atoms with Gasteiger partial charge in [-0.15, -0.1) is 11.8 Å². The van der Waals surface area contributed by atoms with Gasteiger partial charge in [0.1, 0.15) is 0 Å². The highest BCUT2D eigenvalue weighted by Crippen LogP contribution is 2.48. The number of ketones is 2. The lowest BCUT2D eigenvalue weighted by Gasteiger charge is -2.31. The molecule has 0 spiro atoms. The zero-order valence-electron chi connectivity index (χ0n) is 11.9. The van der Waals surface area contributed by atoms with E-state index in [1.54, 1.807) is 17.8 Å². The maximum atomic E-state index is 12.7. The van der Waals surface area contributed by atoms with E-state index in [2.05, 4.69) is 0 Å². The SMILES string of the molecule is O=C1C(=O)c2ccccc2C2=C1C(c1ccccc1)CCS2. The van der Waals surface area contributed by atoms with Crippen LogP contribution in [-0.2, 0) is 4.79 Å². The molecule has 4 rings (SSSR count). The Bertz CT molecular complexity index is 805. The molecule has 1 aliphatic carbocycles. The molecule has 0 radical (unpaired) electrons. The molecule has 1 unspecified atom stereocenters. The van der Waals surface area contributed by atoms with Crippen LogP contribution in [-0.4, -0.2) is 17.3 Å². The van der Waals surface area contributed by atoms with Gasteiger partial charge >= 0.3 is 0 Å². The van der Waals surface area contributed by atoms with Crippen molar-refractivity contribution < 1.29 is 9.59 Å². The van der Waals surface area contributed by atoms with Gasteiger partial charge < -0.3 is 0 Å². The normalized spacial score (nSPS) is 20.6. The number of thioether (sulfide) groups is 1. The summed E-state index contributed by atoms with van der Waals surface area (Å²) in [5.41, 5.74) is 3.29. The molecular formula is C19H14O2S. The number of benzene rings is 2. The summed E-state index contributed by atoms with van der Waals surface area (Å²) >= 11 is 1.70. The van der Waals surface area contributed by atoms with E-state index >= 15 is 0 Å². The topological polar surface area (TPSA) is 34.1 Å². The van der Waals surface area contributed by atoms with Crippen LogP contribution < -0.4 is 0 Å². The molecule has 0 amide bonds. The lowest BCUT2D eigenvalue weighted by Crippen LogP contribution is -2.28. The zero-order valence-corrected chi connectivity index (χ0v) is 12.7. The molecule has 0 N–H and O–H groups in total. The lowest BCUT2D eigenvalue weighted by molar-refractivity contribution is -0.112. The van der Waals surface area contributed by atoms with Crippen molar-refractivity contribution in [3.05, 3.63) is 76.9 Å². The zero-order chi connectivity index (χ0) is 15.1. The lowest BCUT2D eigenvalue weighted by atomic mass is 9.79. The third-order valence-electron chi connectivity index (χ3n) is 4.32. The Labute approximate surface area is 133 Å². The number of rotatable bonds is 1. The maximum absolute atomic E-state index is 12.7. The summed E-state index contributed by atoms with van der Waals surface area (Å²) in [5, 5.41) is 0. The minimum atomic E-state index is -0.363. The van der Waals surface area contributed by atoms with Crippen molar-refractivity contribution in [2.45, 2.75) is 12.3 Å². The molecular weight excluding hydrogens is 292 g/mol. The van der Waals surface area contributed by atoms with E-state index in [-0.39, 0.29) is 17.5 Å². The summed E-state index contributed by atoms with van der Waals surface area (Å²) in [6.07, 6.45) is 0.898. The first-order valence-electron chi connectivity index (χ1n) is 7.37. The monoisotopic (exact) mass is 306 g/mol. The second kappa shape index (κ2) is 5.25. The van der Waals surface area contributed by atoms with E-state index in [0.29, 0.717) is 11.1 Å². The van der Waals surface area contributed by atoms with E-state index in [4.69, 9.17) is 0 Å². The molecule has 0 saturated carbocycles. The van der Waals surface area contributed by atoms with Crippen molar-refractivity contribution >= 4 is 28.2 Å². The molecule has 1 aliphatic heterocycles. The van der Waals surface area contributed by atoms with E-state index in [1.165, 1.54) is 0 Å². The van der Waals surface area contributed by atoms with Crippen LogP contribution in [0.4, 0.5) is 0 Å². The first-order chi connectivity index (χ1) is 10.8. The molecule has 0 fully saturated rings. The Morgan fingerprint density at radius 1 is 0.818 bits per heavy atom. The van der Waals surface area contributed by atoms with E-state index in [0.717, 1.165) is 28.2 Å². The molecule has 0 bridgehead atoms. The molecule has 3 heteroatoms. The van der Waals surface area contributed by atoms with Crippen LogP contribution >= 0.6 is 11.8 Å². The standard InChI is InChI=1S/C19H14O2S/c20-17-14-8-4-5-9-15(14)19-16(18(17)21)13(10-11-22-19)12-6-2-1-3-7-12/h1-9,13H,10-11H2. The Balaban J connectivity index is 1.94. The molecule has 2 nitrogen and oxygen atoms in total. The minimum absolute atomic E-state index is 0.0299. The Morgan fingerprint density at radius 3 is 2.27 bits per heavy atom. The molecule has 1 heterocycles. The molecule has 2 aromatic carbocycles. The summed E-state index contributed by atoms with van der Waals surface area (Å²) in [6.45, 7) is 0. The third-order valence-corrected chi connectivity index (χ3v) is 5.48. The Kier molecular flexibility index (Phi) is 3.23. The fourth-order valence-electron chi connectivity index (χ4n) is 3.29. The van der Waals surface area contributed by atoms with Gasteiger partial charge in [0.05, 0.1) is 0 Å². The summed E-state index contributed by atoms with van der Waals surface area (Å²) in [6, 6.07) is 17.5. The highest BCUT2D eigenvalue weighted by atomic mass is 32.2. The molecule has 0 aromatic heterocycles. The number of hydrogen-bond acceptors (Lipinski definition) is 3. The van der Waals surface area contributed by atoms with E-state index in [1.807, 2.05) is 48.5 Å². The molecule has 2 aromatic rings. The smallest absolute Gasteiger partial charge is 0.233 e. The van der Waals surface area contributed by atoms with Gasteiger partial charge in [0, 0.05) is 22.0 Å². The van der Waals surface area contributed by atoms with E-state index < -0.39 is 0 Å². The van der Waals surface area contributed by atoms with Crippen LogP contribution in [0.25, 0.3) is 4.91 Å². The number of carbonyl (C=O) groups is 2. The van der Waals surface area contributed by atoms with E-state index in [9.17, 15) is 9.59 Å². The molecule has 22 heavy (non-hydrogen) atoms. The van der Waals surface area contributed by atoms with Gasteiger partial charge in [0.15, 0.2) is 0 Å². The van der Waals surface area contributed by atoms with Gasteiger partial charge in [-0.3, -0.25) is 9.59 Å². The van der Waals surface area contributed by atoms with Crippen LogP contribution in [0.15, 0.2) is 60.2 Å². The van der Waals surface area contributed by atoms with Crippen LogP contribution in [0.3, 0.4) is 0 Å². The number of hydrogen-bond donors (Lipinski definition) is 0. The molecule has 108 valence electrons. The summed E-state index contributed by atoms with van der Waals surface area (Å²) in [7, 11) is 0. The second-order valence-electron chi connectivity index (χ2n) is 5.55. The quantitative estimate of drug-likeness (QED) is 0.744. The third kappa shape index (κ3) is 1.97. The Hall–Kier alpha value is -2.13. The minimum Gasteiger partial charge on any atom is -0.285 e. The first kappa shape index (κ1) is 13.5. The number of fused-ring (bicyclic) bond motifs is 2. The average Bonchev–Trinajstić information content (AvgIpc) is 2.60. The van der Waals surface area contributed by atoms with Crippen molar-refractivity contribution in [1.82, 2.24) is 0 Å². The molecule has 1 atom stereocenters. The molecule has 2 aliphatic rings. The first-order valence-corrected chi connectivity index (χ1v) is 8.36. The highest BCUT2D eigenvalue weighted by molar-refractivity contribution is 8.08. The largest absolute Gasteiger partial charge is 0.285 e. The van der Waals surface area contributed by atoms with Gasteiger partial charge in [-0.1, -0.05) is 54.6 Å². The summed E-state index contributed by atoms with van der Waals surface area (Å²) < 4.78 is 0. The van der Waals surface area contributed by atoms with Crippen LogP contribution in [0.5, 0.6) is 0 Å². The fourth-order valence-corrected chi connectivity index (χ4v) is 4.57. The van der Waals surface area contributed by atoms with Crippen molar-refractivity contribution in [2.75, 3.05) is 5.75 Å². The predicted molar refractivity (Wildman–Crippen MR) is 89.0 cm³/mol. The van der Waals surface area contributed by atoms with Crippen molar-refractivity contribution in [3.63, 3.8) is 0 Å². The van der Waals surface area contributed by atoms with Crippen LogP contribution in [0.1, 0.15) is 33.8 Å². The maximum Gasteiger partial charge on any atom is 0.233 e. The van der Waals surface area contributed by atoms with Crippen molar-refractivity contribution in [1.29, 1.82) is 0 Å². The number of carbonyl (C=O) groups excluding carboxylic acids is 2. The van der Waals surface area contributed by atoms with Gasteiger partial charge in [0.25, 0.3) is 0 Å². The summed E-state index contributed by atoms with van der Waals surface area (Å²) in [4.78, 5) is 26.1. The molecule has 0 saturated heterocycles. The fraction of sp³-hybridized carbons (Fsp3) is 0.158. The van der Waals surface area contributed by atoms with Gasteiger partial charge in [-0.05, 0) is 23.3 Å². The number of allylic oxidation sites excluding steroid dienone is 1. The second-order valence-corrected chi connectivity index (χ2v) is 6.65. The van der Waals surface area contributed by atoms with Crippen LogP contribution in [0.2, 0.25) is 0 Å². The van der Waals surface area contributed by atoms with Crippen LogP contribution in [0, 0.1) is 0 Å². The average molecular weight is 306 g/mol. The predicted octanol–water partition coefficient (Wildman–Crippen LogP) is 4.08. The van der Waals surface area contributed by atoms with Gasteiger partial charge in [-0.2, -0.15) is 0 Å². The van der Waals surface area contributed by atoms with Gasteiger partial charge in [0.2, 0.25) is 11.6 Å².